The van der Waals surface area contributed by atoms with Crippen molar-refractivity contribution in [3.8, 4) is 0 Å². The van der Waals surface area contributed by atoms with Gasteiger partial charge in [0.1, 0.15) is 0 Å². The molecular formula is C12H14F3N5S. The van der Waals surface area contributed by atoms with E-state index >= 15 is 0 Å². The highest BCUT2D eigenvalue weighted by atomic mass is 32.2. The molecule has 0 N–H and O–H groups in total. The first-order valence-corrected chi connectivity index (χ1v) is 7.40. The van der Waals surface area contributed by atoms with Gasteiger partial charge in [-0.2, -0.15) is 13.2 Å². The van der Waals surface area contributed by atoms with E-state index in [0.717, 1.165) is 31.6 Å². The summed E-state index contributed by atoms with van der Waals surface area (Å²) in [5.41, 5.74) is -0.750. The standard InChI is InChI=1S/C12H14F3N5S/c1-2-3-6-20-10(17-18-19-20)8-21-11-5-4-9(7-16-11)12(13,14)15/h4-5,7H,2-3,6,8H2,1H3. The minimum Gasteiger partial charge on any atom is -0.249 e. The van der Waals surface area contributed by atoms with Gasteiger partial charge in [-0.1, -0.05) is 25.1 Å². The van der Waals surface area contributed by atoms with Crippen LogP contribution in [0.2, 0.25) is 0 Å². The largest absolute Gasteiger partial charge is 0.417 e. The average Bonchev–Trinajstić information content (AvgIpc) is 2.90. The Hall–Kier alpha value is -1.64. The van der Waals surface area contributed by atoms with Crippen LogP contribution in [0.4, 0.5) is 13.2 Å². The van der Waals surface area contributed by atoms with Crippen LogP contribution in [0.25, 0.3) is 0 Å². The molecule has 0 atom stereocenters. The highest BCUT2D eigenvalue weighted by Crippen LogP contribution is 2.29. The Labute approximate surface area is 124 Å². The topological polar surface area (TPSA) is 56.5 Å². The average molecular weight is 317 g/mol. The van der Waals surface area contributed by atoms with Gasteiger partial charge < -0.3 is 0 Å². The molecule has 114 valence electrons. The van der Waals surface area contributed by atoms with E-state index in [0.29, 0.717) is 16.6 Å². The second kappa shape index (κ2) is 6.88. The quantitative estimate of drug-likeness (QED) is 0.766. The van der Waals surface area contributed by atoms with Gasteiger partial charge in [0, 0.05) is 12.7 Å². The van der Waals surface area contributed by atoms with E-state index in [2.05, 4.69) is 27.4 Å². The third-order valence-corrected chi connectivity index (χ3v) is 3.68. The van der Waals surface area contributed by atoms with E-state index in [-0.39, 0.29) is 0 Å². The van der Waals surface area contributed by atoms with E-state index in [9.17, 15) is 13.2 Å². The molecule has 5 nitrogen and oxygen atoms in total. The first kappa shape index (κ1) is 15.7. The maximum absolute atomic E-state index is 12.4. The van der Waals surface area contributed by atoms with Crippen LogP contribution in [0.15, 0.2) is 23.4 Å². The number of alkyl halides is 3. The van der Waals surface area contributed by atoms with Crippen LogP contribution in [0, 0.1) is 0 Å². The Morgan fingerprint density at radius 3 is 2.71 bits per heavy atom. The van der Waals surface area contributed by atoms with Crippen LogP contribution in [0.1, 0.15) is 31.2 Å². The Kier molecular flexibility index (Phi) is 5.16. The van der Waals surface area contributed by atoms with Gasteiger partial charge in [-0.15, -0.1) is 5.10 Å². The summed E-state index contributed by atoms with van der Waals surface area (Å²) in [6.45, 7) is 2.81. The Morgan fingerprint density at radius 1 is 1.29 bits per heavy atom. The second-order valence-electron chi connectivity index (χ2n) is 4.34. The van der Waals surface area contributed by atoms with Crippen LogP contribution < -0.4 is 0 Å². The van der Waals surface area contributed by atoms with Crippen molar-refractivity contribution >= 4 is 11.8 Å². The Balaban J connectivity index is 1.95. The first-order chi connectivity index (χ1) is 10.0. The summed E-state index contributed by atoms with van der Waals surface area (Å²) in [7, 11) is 0. The molecule has 0 bridgehead atoms. The fraction of sp³-hybridized carbons (Fsp3) is 0.500. The van der Waals surface area contributed by atoms with Crippen molar-refractivity contribution in [2.24, 2.45) is 0 Å². The number of nitrogens with zero attached hydrogens (tertiary/aromatic N) is 5. The number of tetrazole rings is 1. The summed E-state index contributed by atoms with van der Waals surface area (Å²) in [4.78, 5) is 3.80. The van der Waals surface area contributed by atoms with Gasteiger partial charge in [-0.3, -0.25) is 0 Å². The molecule has 9 heteroatoms. The highest BCUT2D eigenvalue weighted by molar-refractivity contribution is 7.98. The van der Waals surface area contributed by atoms with Gasteiger partial charge in [0.05, 0.1) is 16.3 Å². The molecule has 0 spiro atoms. The van der Waals surface area contributed by atoms with Crippen LogP contribution in [0.3, 0.4) is 0 Å². The molecule has 0 amide bonds. The summed E-state index contributed by atoms with van der Waals surface area (Å²) in [5.74, 6) is 1.16. The molecule has 0 saturated heterocycles. The summed E-state index contributed by atoms with van der Waals surface area (Å²) >= 11 is 1.30. The summed E-state index contributed by atoms with van der Waals surface area (Å²) in [6, 6.07) is 2.38. The zero-order valence-corrected chi connectivity index (χ0v) is 12.2. The van der Waals surface area contributed by atoms with Crippen LogP contribution in [-0.2, 0) is 18.5 Å². The highest BCUT2D eigenvalue weighted by Gasteiger charge is 2.30. The van der Waals surface area contributed by atoms with Crippen LogP contribution >= 0.6 is 11.8 Å². The summed E-state index contributed by atoms with van der Waals surface area (Å²) in [6.07, 6.45) is -1.52. The van der Waals surface area contributed by atoms with E-state index < -0.39 is 11.7 Å². The monoisotopic (exact) mass is 317 g/mol. The van der Waals surface area contributed by atoms with Crippen molar-refractivity contribution in [3.05, 3.63) is 29.7 Å². The van der Waals surface area contributed by atoms with Gasteiger partial charge in [-0.05, 0) is 29.0 Å². The number of halogens is 3. The van der Waals surface area contributed by atoms with E-state index in [1.807, 2.05) is 0 Å². The maximum atomic E-state index is 12.4. The van der Waals surface area contributed by atoms with Crippen molar-refractivity contribution in [1.82, 2.24) is 25.2 Å². The number of pyridine rings is 1. The van der Waals surface area contributed by atoms with Gasteiger partial charge in [0.25, 0.3) is 0 Å². The minimum atomic E-state index is -4.36. The van der Waals surface area contributed by atoms with Gasteiger partial charge in [-0.25, -0.2) is 9.67 Å². The van der Waals surface area contributed by atoms with Gasteiger partial charge in [0.15, 0.2) is 5.82 Å². The molecule has 0 aliphatic rings. The fourth-order valence-corrected chi connectivity index (χ4v) is 2.36. The predicted octanol–water partition coefficient (Wildman–Crippen LogP) is 3.18. The maximum Gasteiger partial charge on any atom is 0.417 e. The van der Waals surface area contributed by atoms with E-state index in [4.69, 9.17) is 0 Å². The van der Waals surface area contributed by atoms with Gasteiger partial charge >= 0.3 is 6.18 Å². The molecule has 2 aromatic heterocycles. The molecular weight excluding hydrogens is 303 g/mol. The van der Waals surface area contributed by atoms with Crippen molar-refractivity contribution < 1.29 is 13.2 Å². The molecule has 0 radical (unpaired) electrons. The van der Waals surface area contributed by atoms with E-state index in [1.165, 1.54) is 17.8 Å². The molecule has 21 heavy (non-hydrogen) atoms. The fourth-order valence-electron chi connectivity index (χ4n) is 1.58. The zero-order valence-electron chi connectivity index (χ0n) is 11.3. The number of rotatable bonds is 6. The lowest BCUT2D eigenvalue weighted by molar-refractivity contribution is -0.137. The minimum absolute atomic E-state index is 0.467. The number of thioether (sulfide) groups is 1. The molecule has 0 unspecified atom stereocenters. The van der Waals surface area contributed by atoms with Crippen molar-refractivity contribution in [1.29, 1.82) is 0 Å². The zero-order chi connectivity index (χ0) is 15.3. The third-order valence-electron chi connectivity index (χ3n) is 2.74. The predicted molar refractivity (Wildman–Crippen MR) is 71.5 cm³/mol. The second-order valence-corrected chi connectivity index (χ2v) is 5.34. The lowest BCUT2D eigenvalue weighted by Crippen LogP contribution is -2.06. The third kappa shape index (κ3) is 4.42. The molecule has 2 heterocycles. The normalized spacial score (nSPS) is 11.8. The summed E-state index contributed by atoms with van der Waals surface area (Å²) < 4.78 is 39.0. The number of unbranched alkanes of at least 4 members (excludes halogenated alkanes) is 1. The Bertz CT molecular complexity index is 567. The number of hydrogen-bond donors (Lipinski definition) is 0. The number of aryl methyl sites for hydroxylation is 1. The smallest absolute Gasteiger partial charge is 0.249 e. The van der Waals surface area contributed by atoms with Crippen molar-refractivity contribution in [2.75, 3.05) is 0 Å². The van der Waals surface area contributed by atoms with Crippen molar-refractivity contribution in [2.45, 2.75) is 43.3 Å². The van der Waals surface area contributed by atoms with Gasteiger partial charge in [0.2, 0.25) is 0 Å². The Morgan fingerprint density at radius 2 is 2.10 bits per heavy atom. The number of aromatic nitrogens is 5. The molecule has 0 aliphatic carbocycles. The SMILES string of the molecule is CCCCn1nnnc1CSc1ccc(C(F)(F)F)cn1. The number of hydrogen-bond acceptors (Lipinski definition) is 5. The molecule has 2 aromatic rings. The molecule has 2 rings (SSSR count). The molecule has 0 aliphatic heterocycles. The summed E-state index contributed by atoms with van der Waals surface area (Å²) in [5, 5.41) is 11.9. The van der Waals surface area contributed by atoms with E-state index in [1.54, 1.807) is 4.68 Å². The molecule has 0 aromatic carbocycles. The van der Waals surface area contributed by atoms with Crippen LogP contribution in [-0.4, -0.2) is 25.2 Å². The lowest BCUT2D eigenvalue weighted by atomic mass is 10.3. The molecule has 0 fully saturated rings. The molecule has 0 saturated carbocycles. The first-order valence-electron chi connectivity index (χ1n) is 6.42. The van der Waals surface area contributed by atoms with Crippen molar-refractivity contribution in [3.63, 3.8) is 0 Å². The van der Waals surface area contributed by atoms with Crippen LogP contribution in [0.5, 0.6) is 0 Å². The lowest BCUT2D eigenvalue weighted by Gasteiger charge is -2.06.